The van der Waals surface area contributed by atoms with Crippen molar-refractivity contribution in [3.05, 3.63) is 27.6 Å². The normalized spacial score (nSPS) is 17.8. The molecule has 0 aliphatic heterocycles. The van der Waals surface area contributed by atoms with Gasteiger partial charge in [0.1, 0.15) is 5.82 Å². The predicted octanol–water partition coefficient (Wildman–Crippen LogP) is 5.71. The van der Waals surface area contributed by atoms with Crippen LogP contribution in [-0.4, -0.2) is 15.4 Å². The van der Waals surface area contributed by atoms with E-state index in [-0.39, 0.29) is 0 Å². The SMILES string of the molecule is ClCCc1nc2cc(I)ccc2n1C1CCCCCCC1. The molecule has 1 aromatic heterocycles. The molecular formula is C17H22ClIN2. The van der Waals surface area contributed by atoms with Crippen LogP contribution in [0.5, 0.6) is 0 Å². The first-order valence-electron chi connectivity index (χ1n) is 8.02. The van der Waals surface area contributed by atoms with Gasteiger partial charge in [-0.1, -0.05) is 32.1 Å². The minimum absolute atomic E-state index is 0.605. The van der Waals surface area contributed by atoms with E-state index in [4.69, 9.17) is 16.6 Å². The Labute approximate surface area is 145 Å². The lowest BCUT2D eigenvalue weighted by Gasteiger charge is -2.24. The van der Waals surface area contributed by atoms with E-state index in [9.17, 15) is 0 Å². The van der Waals surface area contributed by atoms with Gasteiger partial charge in [-0.25, -0.2) is 4.98 Å². The number of nitrogens with zero attached hydrogens (tertiary/aromatic N) is 2. The zero-order valence-electron chi connectivity index (χ0n) is 12.3. The fraction of sp³-hybridized carbons (Fsp3) is 0.588. The molecule has 0 spiro atoms. The van der Waals surface area contributed by atoms with Gasteiger partial charge >= 0.3 is 0 Å². The molecule has 0 radical (unpaired) electrons. The smallest absolute Gasteiger partial charge is 0.111 e. The zero-order valence-corrected chi connectivity index (χ0v) is 15.2. The van der Waals surface area contributed by atoms with Gasteiger partial charge in [-0.3, -0.25) is 0 Å². The topological polar surface area (TPSA) is 17.8 Å². The maximum atomic E-state index is 6.01. The molecule has 0 unspecified atom stereocenters. The van der Waals surface area contributed by atoms with Crippen molar-refractivity contribution >= 4 is 45.2 Å². The standard InChI is InChI=1S/C17H22ClIN2/c18-11-10-17-20-15-12-13(19)8-9-16(15)21(17)14-6-4-2-1-3-5-7-14/h8-9,12,14H,1-7,10-11H2. The van der Waals surface area contributed by atoms with Crippen molar-refractivity contribution in [1.29, 1.82) is 0 Å². The highest BCUT2D eigenvalue weighted by atomic mass is 127. The summed E-state index contributed by atoms with van der Waals surface area (Å²) in [6.07, 6.45) is 10.3. The first-order chi connectivity index (χ1) is 10.3. The van der Waals surface area contributed by atoms with Crippen LogP contribution in [0.4, 0.5) is 0 Å². The van der Waals surface area contributed by atoms with Crippen molar-refractivity contribution in [3.63, 3.8) is 0 Å². The monoisotopic (exact) mass is 416 g/mol. The average Bonchev–Trinajstić information content (AvgIpc) is 2.76. The molecule has 0 saturated heterocycles. The number of imidazole rings is 1. The summed E-state index contributed by atoms with van der Waals surface area (Å²) >= 11 is 8.37. The van der Waals surface area contributed by atoms with E-state index in [0.717, 1.165) is 11.9 Å². The summed E-state index contributed by atoms with van der Waals surface area (Å²) in [5.41, 5.74) is 2.42. The zero-order chi connectivity index (χ0) is 14.7. The molecule has 3 rings (SSSR count). The number of hydrogen-bond donors (Lipinski definition) is 0. The number of benzene rings is 1. The highest BCUT2D eigenvalue weighted by Gasteiger charge is 2.19. The van der Waals surface area contributed by atoms with Crippen LogP contribution in [0.1, 0.15) is 56.8 Å². The highest BCUT2D eigenvalue weighted by molar-refractivity contribution is 14.1. The van der Waals surface area contributed by atoms with Gasteiger partial charge in [-0.05, 0) is 53.6 Å². The van der Waals surface area contributed by atoms with E-state index in [1.807, 2.05) is 0 Å². The molecule has 0 atom stereocenters. The molecule has 1 aliphatic carbocycles. The summed E-state index contributed by atoms with van der Waals surface area (Å²) in [6.45, 7) is 0. The van der Waals surface area contributed by atoms with Crippen LogP contribution in [0.3, 0.4) is 0 Å². The lowest BCUT2D eigenvalue weighted by molar-refractivity contribution is 0.371. The van der Waals surface area contributed by atoms with Crippen LogP contribution in [0, 0.1) is 3.57 Å². The Morgan fingerprint density at radius 1 is 1.14 bits per heavy atom. The number of halogens is 2. The maximum Gasteiger partial charge on any atom is 0.111 e. The Kier molecular flexibility index (Phi) is 5.43. The van der Waals surface area contributed by atoms with Crippen molar-refractivity contribution in [2.75, 3.05) is 5.88 Å². The maximum absolute atomic E-state index is 6.01. The predicted molar refractivity (Wildman–Crippen MR) is 98.2 cm³/mol. The second-order valence-electron chi connectivity index (χ2n) is 5.97. The van der Waals surface area contributed by atoms with Crippen LogP contribution in [0.15, 0.2) is 18.2 Å². The third-order valence-corrected chi connectivity index (χ3v) is 5.34. The summed E-state index contributed by atoms with van der Waals surface area (Å²) in [5.74, 6) is 1.82. The van der Waals surface area contributed by atoms with Crippen LogP contribution >= 0.6 is 34.2 Å². The number of rotatable bonds is 3. The second-order valence-corrected chi connectivity index (χ2v) is 7.59. The minimum Gasteiger partial charge on any atom is -0.325 e. The fourth-order valence-electron chi connectivity index (χ4n) is 3.48. The van der Waals surface area contributed by atoms with E-state index < -0.39 is 0 Å². The number of aromatic nitrogens is 2. The minimum atomic E-state index is 0.605. The first-order valence-corrected chi connectivity index (χ1v) is 9.63. The highest BCUT2D eigenvalue weighted by Crippen LogP contribution is 2.31. The molecule has 1 heterocycles. The van der Waals surface area contributed by atoms with E-state index in [2.05, 4.69) is 45.4 Å². The van der Waals surface area contributed by atoms with Crippen LogP contribution in [-0.2, 0) is 6.42 Å². The Balaban J connectivity index is 2.02. The molecule has 1 aromatic carbocycles. The van der Waals surface area contributed by atoms with Gasteiger partial charge in [0.15, 0.2) is 0 Å². The van der Waals surface area contributed by atoms with Crippen molar-refractivity contribution in [3.8, 4) is 0 Å². The summed E-state index contributed by atoms with van der Waals surface area (Å²) in [4.78, 5) is 4.87. The number of alkyl halides is 1. The van der Waals surface area contributed by atoms with E-state index >= 15 is 0 Å². The van der Waals surface area contributed by atoms with Crippen LogP contribution in [0.2, 0.25) is 0 Å². The van der Waals surface area contributed by atoms with Crippen LogP contribution in [0.25, 0.3) is 11.0 Å². The van der Waals surface area contributed by atoms with Crippen molar-refractivity contribution < 1.29 is 0 Å². The summed E-state index contributed by atoms with van der Waals surface area (Å²) in [7, 11) is 0. The molecule has 1 saturated carbocycles. The lowest BCUT2D eigenvalue weighted by Crippen LogP contribution is -2.14. The van der Waals surface area contributed by atoms with Gasteiger partial charge in [0.2, 0.25) is 0 Å². The summed E-state index contributed by atoms with van der Waals surface area (Å²) in [5, 5.41) is 0. The Bertz CT molecular complexity index is 600. The van der Waals surface area contributed by atoms with Gasteiger partial charge in [-0.2, -0.15) is 0 Å². The molecule has 2 nitrogen and oxygen atoms in total. The Hall–Kier alpha value is -0.290. The molecule has 0 bridgehead atoms. The third-order valence-electron chi connectivity index (χ3n) is 4.48. The average molecular weight is 417 g/mol. The van der Waals surface area contributed by atoms with E-state index in [1.165, 1.54) is 59.9 Å². The van der Waals surface area contributed by atoms with Gasteiger partial charge in [0, 0.05) is 21.9 Å². The summed E-state index contributed by atoms with van der Waals surface area (Å²) in [6, 6.07) is 7.22. The third kappa shape index (κ3) is 3.55. The van der Waals surface area contributed by atoms with Crippen LogP contribution < -0.4 is 0 Å². The molecular weight excluding hydrogens is 395 g/mol. The lowest BCUT2D eigenvalue weighted by atomic mass is 9.96. The largest absolute Gasteiger partial charge is 0.325 e. The first kappa shape index (κ1) is 15.6. The number of fused-ring (bicyclic) bond motifs is 1. The Morgan fingerprint density at radius 2 is 1.86 bits per heavy atom. The van der Waals surface area contributed by atoms with Gasteiger partial charge in [-0.15, -0.1) is 11.6 Å². The van der Waals surface area contributed by atoms with E-state index in [0.29, 0.717) is 11.9 Å². The Morgan fingerprint density at radius 3 is 2.57 bits per heavy atom. The fourth-order valence-corrected chi connectivity index (χ4v) is 4.13. The molecule has 0 N–H and O–H groups in total. The van der Waals surface area contributed by atoms with Crippen molar-refractivity contribution in [2.45, 2.75) is 57.4 Å². The molecule has 114 valence electrons. The second kappa shape index (κ2) is 7.32. The van der Waals surface area contributed by atoms with Gasteiger partial charge in [0.25, 0.3) is 0 Å². The van der Waals surface area contributed by atoms with Gasteiger partial charge < -0.3 is 4.57 Å². The molecule has 1 aliphatic rings. The molecule has 1 fully saturated rings. The molecule has 4 heteroatoms. The van der Waals surface area contributed by atoms with Crippen molar-refractivity contribution in [1.82, 2.24) is 9.55 Å². The number of hydrogen-bond acceptors (Lipinski definition) is 1. The number of aryl methyl sites for hydroxylation is 1. The van der Waals surface area contributed by atoms with Gasteiger partial charge in [0.05, 0.1) is 11.0 Å². The van der Waals surface area contributed by atoms with E-state index in [1.54, 1.807) is 0 Å². The molecule has 21 heavy (non-hydrogen) atoms. The quantitative estimate of drug-likeness (QED) is 0.463. The van der Waals surface area contributed by atoms with Crippen molar-refractivity contribution in [2.24, 2.45) is 0 Å². The molecule has 0 amide bonds. The molecule has 2 aromatic rings. The summed E-state index contributed by atoms with van der Waals surface area (Å²) < 4.78 is 3.75.